The van der Waals surface area contributed by atoms with Gasteiger partial charge in [0.05, 0.1) is 12.2 Å². The Labute approximate surface area is 110 Å². The highest BCUT2D eigenvalue weighted by Gasteiger charge is 2.25. The summed E-state index contributed by atoms with van der Waals surface area (Å²) in [5.41, 5.74) is 1.65. The highest BCUT2D eigenvalue weighted by atomic mass is 16.5. The molecule has 0 atom stereocenters. The first kappa shape index (κ1) is 11.6. The number of hydrogen-bond acceptors (Lipinski definition) is 3. The zero-order valence-corrected chi connectivity index (χ0v) is 10.2. The van der Waals surface area contributed by atoms with Gasteiger partial charge in [-0.15, -0.1) is 0 Å². The lowest BCUT2D eigenvalue weighted by molar-refractivity contribution is -0.121. The number of hydrogen-bond donors (Lipinski definition) is 1. The molecule has 19 heavy (non-hydrogen) atoms. The number of amides is 1. The monoisotopic (exact) mass is 255 g/mol. The Morgan fingerprint density at radius 1 is 1.16 bits per heavy atom. The van der Waals surface area contributed by atoms with Gasteiger partial charge < -0.3 is 14.7 Å². The maximum atomic E-state index is 12.0. The molecular formula is C15H13NO3. The Morgan fingerprint density at radius 2 is 1.95 bits per heavy atom. The molecule has 0 saturated heterocycles. The zero-order valence-electron chi connectivity index (χ0n) is 10.2. The number of benzene rings is 2. The molecule has 0 spiro atoms. The molecule has 0 aliphatic carbocycles. The van der Waals surface area contributed by atoms with Crippen molar-refractivity contribution in [1.82, 2.24) is 0 Å². The van der Waals surface area contributed by atoms with E-state index in [-0.39, 0.29) is 18.3 Å². The summed E-state index contributed by atoms with van der Waals surface area (Å²) in [7, 11) is 0. The third-order valence-electron chi connectivity index (χ3n) is 3.07. The molecule has 1 aliphatic rings. The van der Waals surface area contributed by atoms with Crippen LogP contribution >= 0.6 is 0 Å². The quantitative estimate of drug-likeness (QED) is 0.896. The molecule has 2 aromatic rings. The minimum absolute atomic E-state index is 0.0324. The largest absolute Gasteiger partial charge is 0.508 e. The van der Waals surface area contributed by atoms with Crippen LogP contribution in [-0.2, 0) is 11.3 Å². The Bertz CT molecular complexity index is 610. The van der Waals surface area contributed by atoms with Crippen molar-refractivity contribution in [1.29, 1.82) is 0 Å². The number of phenolic OH excluding ortho intramolecular Hbond substituents is 1. The van der Waals surface area contributed by atoms with Gasteiger partial charge in [0.25, 0.3) is 5.91 Å². The molecule has 0 unspecified atom stereocenters. The van der Waals surface area contributed by atoms with Gasteiger partial charge in [-0.2, -0.15) is 0 Å². The second kappa shape index (κ2) is 4.65. The normalized spacial score (nSPS) is 13.9. The van der Waals surface area contributed by atoms with Crippen LogP contribution in [0.1, 0.15) is 5.56 Å². The molecule has 4 nitrogen and oxygen atoms in total. The lowest BCUT2D eigenvalue weighted by Crippen LogP contribution is -2.38. The Balaban J connectivity index is 1.97. The van der Waals surface area contributed by atoms with Crippen molar-refractivity contribution < 1.29 is 14.6 Å². The van der Waals surface area contributed by atoms with Crippen LogP contribution in [0.2, 0.25) is 0 Å². The summed E-state index contributed by atoms with van der Waals surface area (Å²) in [6, 6.07) is 14.5. The van der Waals surface area contributed by atoms with Gasteiger partial charge in [0.1, 0.15) is 11.5 Å². The maximum absolute atomic E-state index is 12.0. The van der Waals surface area contributed by atoms with Crippen molar-refractivity contribution >= 4 is 11.6 Å². The average Bonchev–Trinajstić information content (AvgIpc) is 2.43. The molecule has 96 valence electrons. The van der Waals surface area contributed by atoms with Crippen LogP contribution in [-0.4, -0.2) is 17.6 Å². The van der Waals surface area contributed by atoms with Crippen molar-refractivity contribution in [3.05, 3.63) is 54.1 Å². The number of carbonyl (C=O) groups is 1. The number of rotatable bonds is 2. The molecule has 2 aromatic carbocycles. The lowest BCUT2D eigenvalue weighted by atomic mass is 10.1. The fraction of sp³-hybridized carbons (Fsp3) is 0.133. The molecule has 1 aliphatic heterocycles. The fourth-order valence-electron chi connectivity index (χ4n) is 2.13. The van der Waals surface area contributed by atoms with Crippen molar-refractivity contribution in [2.75, 3.05) is 11.5 Å². The summed E-state index contributed by atoms with van der Waals surface area (Å²) in [4.78, 5) is 13.6. The average molecular weight is 255 g/mol. The van der Waals surface area contributed by atoms with E-state index in [1.54, 1.807) is 23.1 Å². The number of nitrogens with zero attached hydrogens (tertiary/aromatic N) is 1. The van der Waals surface area contributed by atoms with Gasteiger partial charge in [-0.1, -0.05) is 30.3 Å². The van der Waals surface area contributed by atoms with Crippen LogP contribution in [0.15, 0.2) is 48.5 Å². The minimum Gasteiger partial charge on any atom is -0.508 e. The van der Waals surface area contributed by atoms with Crippen LogP contribution in [0.5, 0.6) is 11.5 Å². The predicted octanol–water partition coefficient (Wildman–Crippen LogP) is 2.32. The standard InChI is InChI=1S/C15H13NO3/c17-12-6-7-14-13(8-12)16(15(18)10-19-14)9-11-4-2-1-3-5-11/h1-8,17H,9-10H2. The molecule has 0 bridgehead atoms. The lowest BCUT2D eigenvalue weighted by Gasteiger charge is -2.29. The van der Waals surface area contributed by atoms with Crippen molar-refractivity contribution in [2.45, 2.75) is 6.54 Å². The minimum atomic E-state index is -0.109. The smallest absolute Gasteiger partial charge is 0.265 e. The predicted molar refractivity (Wildman–Crippen MR) is 71.2 cm³/mol. The fourth-order valence-corrected chi connectivity index (χ4v) is 2.13. The van der Waals surface area contributed by atoms with Gasteiger partial charge in [-0.3, -0.25) is 4.79 Å². The second-order valence-electron chi connectivity index (χ2n) is 4.41. The molecule has 0 radical (unpaired) electrons. The number of fused-ring (bicyclic) bond motifs is 1. The highest BCUT2D eigenvalue weighted by molar-refractivity contribution is 5.97. The molecule has 4 heteroatoms. The van der Waals surface area contributed by atoms with E-state index in [1.807, 2.05) is 30.3 Å². The number of anilines is 1. The van der Waals surface area contributed by atoms with E-state index in [0.29, 0.717) is 18.0 Å². The van der Waals surface area contributed by atoms with Gasteiger partial charge in [-0.25, -0.2) is 0 Å². The molecule has 0 aromatic heterocycles. The van der Waals surface area contributed by atoms with Crippen molar-refractivity contribution in [3.8, 4) is 11.5 Å². The van der Waals surface area contributed by atoms with E-state index in [4.69, 9.17) is 4.74 Å². The summed E-state index contributed by atoms with van der Waals surface area (Å²) in [6.45, 7) is 0.504. The summed E-state index contributed by atoms with van der Waals surface area (Å²) in [6.07, 6.45) is 0. The third kappa shape index (κ3) is 2.25. The van der Waals surface area contributed by atoms with E-state index in [1.165, 1.54) is 0 Å². The Morgan fingerprint density at radius 3 is 2.74 bits per heavy atom. The van der Waals surface area contributed by atoms with Crippen LogP contribution in [0, 0.1) is 0 Å². The maximum Gasteiger partial charge on any atom is 0.265 e. The van der Waals surface area contributed by atoms with Crippen LogP contribution in [0.3, 0.4) is 0 Å². The first-order chi connectivity index (χ1) is 9.24. The number of ether oxygens (including phenoxy) is 1. The Hall–Kier alpha value is -2.49. The van der Waals surface area contributed by atoms with E-state index in [2.05, 4.69) is 0 Å². The van der Waals surface area contributed by atoms with Gasteiger partial charge >= 0.3 is 0 Å². The first-order valence-electron chi connectivity index (χ1n) is 6.04. The molecule has 0 saturated carbocycles. The van der Waals surface area contributed by atoms with E-state index < -0.39 is 0 Å². The number of aromatic hydroxyl groups is 1. The van der Waals surface area contributed by atoms with E-state index in [9.17, 15) is 9.90 Å². The van der Waals surface area contributed by atoms with Crippen molar-refractivity contribution in [3.63, 3.8) is 0 Å². The van der Waals surface area contributed by atoms with Gasteiger partial charge in [0, 0.05) is 6.07 Å². The SMILES string of the molecule is O=C1COc2ccc(O)cc2N1Cc1ccccc1. The highest BCUT2D eigenvalue weighted by Crippen LogP contribution is 2.35. The topological polar surface area (TPSA) is 49.8 Å². The summed E-state index contributed by atoms with van der Waals surface area (Å²) in [5.74, 6) is 0.630. The third-order valence-corrected chi connectivity index (χ3v) is 3.07. The molecule has 1 N–H and O–H groups in total. The van der Waals surface area contributed by atoms with Crippen LogP contribution < -0.4 is 9.64 Å². The molecule has 3 rings (SSSR count). The Kier molecular flexibility index (Phi) is 2.83. The molecular weight excluding hydrogens is 242 g/mol. The molecule has 1 heterocycles. The van der Waals surface area contributed by atoms with Gasteiger partial charge in [-0.05, 0) is 17.7 Å². The summed E-state index contributed by atoms with van der Waals surface area (Å²) < 4.78 is 5.36. The van der Waals surface area contributed by atoms with Gasteiger partial charge in [0.15, 0.2) is 6.61 Å². The second-order valence-corrected chi connectivity index (χ2v) is 4.41. The van der Waals surface area contributed by atoms with E-state index >= 15 is 0 Å². The molecule has 0 fully saturated rings. The number of phenols is 1. The molecule has 1 amide bonds. The first-order valence-corrected chi connectivity index (χ1v) is 6.04. The summed E-state index contributed by atoms with van der Waals surface area (Å²) in [5, 5.41) is 9.56. The van der Waals surface area contributed by atoms with E-state index in [0.717, 1.165) is 5.56 Å². The van der Waals surface area contributed by atoms with Gasteiger partial charge in [0.2, 0.25) is 0 Å². The number of carbonyl (C=O) groups excluding carboxylic acids is 1. The zero-order chi connectivity index (χ0) is 13.2. The summed E-state index contributed by atoms with van der Waals surface area (Å²) >= 11 is 0. The van der Waals surface area contributed by atoms with Crippen LogP contribution in [0.25, 0.3) is 0 Å². The van der Waals surface area contributed by atoms with Crippen LogP contribution in [0.4, 0.5) is 5.69 Å². The van der Waals surface area contributed by atoms with Crippen molar-refractivity contribution in [2.24, 2.45) is 0 Å².